The number of aromatic nitrogens is 2. The van der Waals surface area contributed by atoms with Crippen LogP contribution in [0, 0.1) is 0 Å². The van der Waals surface area contributed by atoms with Crippen molar-refractivity contribution in [3.8, 4) is 17.4 Å². The molecule has 0 atom stereocenters. The lowest BCUT2D eigenvalue weighted by molar-refractivity contribution is 0.407. The predicted octanol–water partition coefficient (Wildman–Crippen LogP) is 3.01. The lowest BCUT2D eigenvalue weighted by Crippen LogP contribution is -1.99. The van der Waals surface area contributed by atoms with Crippen molar-refractivity contribution in [1.29, 1.82) is 0 Å². The van der Waals surface area contributed by atoms with Gasteiger partial charge >= 0.3 is 0 Å². The number of nitrogen functional groups attached to an aromatic ring is 1. The lowest BCUT2D eigenvalue weighted by Gasteiger charge is -2.09. The first-order valence-electron chi connectivity index (χ1n) is 6.10. The van der Waals surface area contributed by atoms with Gasteiger partial charge in [0.25, 0.3) is 5.88 Å². The van der Waals surface area contributed by atoms with Gasteiger partial charge in [-0.25, -0.2) is 9.97 Å². The van der Waals surface area contributed by atoms with Crippen LogP contribution in [0.3, 0.4) is 0 Å². The molecule has 20 heavy (non-hydrogen) atoms. The number of hydrogen-bond acceptors (Lipinski definition) is 5. The summed E-state index contributed by atoms with van der Waals surface area (Å²) in [6, 6.07) is 14.7. The zero-order valence-corrected chi connectivity index (χ0v) is 10.9. The summed E-state index contributed by atoms with van der Waals surface area (Å²) in [5.41, 5.74) is 7.35. The topological polar surface area (TPSA) is 70.3 Å². The summed E-state index contributed by atoms with van der Waals surface area (Å²) in [5.74, 6) is 1.85. The van der Waals surface area contributed by atoms with E-state index in [0.29, 0.717) is 11.5 Å². The van der Waals surface area contributed by atoms with Crippen LogP contribution >= 0.6 is 0 Å². The summed E-state index contributed by atoms with van der Waals surface area (Å²) in [6.07, 6.45) is 0. The number of nitrogens with zero attached hydrogens (tertiary/aromatic N) is 2. The highest BCUT2D eigenvalue weighted by molar-refractivity contribution is 5.76. The number of anilines is 1. The second-order valence-electron chi connectivity index (χ2n) is 4.18. The zero-order valence-electron chi connectivity index (χ0n) is 10.9. The first-order valence-corrected chi connectivity index (χ1v) is 6.10. The van der Waals surface area contributed by atoms with Crippen LogP contribution in [0.1, 0.15) is 0 Å². The van der Waals surface area contributed by atoms with E-state index in [2.05, 4.69) is 9.97 Å². The molecule has 0 aliphatic carbocycles. The molecular formula is C15H13N3O2. The number of hydrogen-bond donors (Lipinski definition) is 1. The van der Waals surface area contributed by atoms with E-state index in [1.54, 1.807) is 19.2 Å². The fourth-order valence-corrected chi connectivity index (χ4v) is 1.85. The third kappa shape index (κ3) is 2.33. The maximum Gasteiger partial charge on any atom is 0.263 e. The Morgan fingerprint density at radius 2 is 1.60 bits per heavy atom. The first-order chi connectivity index (χ1) is 9.76. The summed E-state index contributed by atoms with van der Waals surface area (Å²) in [5, 5.41) is 0. The first kappa shape index (κ1) is 12.2. The molecule has 3 rings (SSSR count). The summed E-state index contributed by atoms with van der Waals surface area (Å²) in [4.78, 5) is 8.65. The van der Waals surface area contributed by atoms with Crippen LogP contribution in [-0.2, 0) is 0 Å². The molecule has 5 heteroatoms. The highest BCUT2D eigenvalue weighted by Gasteiger charge is 2.08. The normalized spacial score (nSPS) is 10.4. The number of ether oxygens (including phenoxy) is 2. The maximum absolute atomic E-state index is 5.88. The lowest BCUT2D eigenvalue weighted by atomic mass is 10.3. The standard InChI is InChI=1S/C15H13N3O2/c1-19-10-5-4-6-11(9-10)20-15-14(16)17-12-7-2-3-8-13(12)18-15/h2-9H,1H3,(H2,16,17). The molecule has 1 aromatic heterocycles. The van der Waals surface area contributed by atoms with Crippen molar-refractivity contribution >= 4 is 16.9 Å². The van der Waals surface area contributed by atoms with Crippen LogP contribution < -0.4 is 15.2 Å². The average molecular weight is 267 g/mol. The fraction of sp³-hybridized carbons (Fsp3) is 0.0667. The van der Waals surface area contributed by atoms with E-state index in [1.165, 1.54) is 0 Å². The van der Waals surface area contributed by atoms with Gasteiger partial charge in [0.1, 0.15) is 11.5 Å². The Hall–Kier alpha value is -2.82. The number of para-hydroxylation sites is 2. The van der Waals surface area contributed by atoms with Crippen LogP contribution in [0.4, 0.5) is 5.82 Å². The minimum atomic E-state index is 0.256. The van der Waals surface area contributed by atoms with Gasteiger partial charge in [0.2, 0.25) is 0 Å². The molecule has 0 unspecified atom stereocenters. The van der Waals surface area contributed by atoms with Gasteiger partial charge in [0, 0.05) is 6.07 Å². The minimum absolute atomic E-state index is 0.256. The molecule has 5 nitrogen and oxygen atoms in total. The Kier molecular flexibility index (Phi) is 3.09. The quantitative estimate of drug-likeness (QED) is 0.789. The van der Waals surface area contributed by atoms with Gasteiger partial charge in [-0.15, -0.1) is 0 Å². The van der Waals surface area contributed by atoms with Gasteiger partial charge < -0.3 is 15.2 Å². The highest BCUT2D eigenvalue weighted by atomic mass is 16.5. The van der Waals surface area contributed by atoms with Gasteiger partial charge in [-0.05, 0) is 24.3 Å². The van der Waals surface area contributed by atoms with Crippen LogP contribution in [0.25, 0.3) is 11.0 Å². The number of methoxy groups -OCH3 is 1. The SMILES string of the molecule is COc1cccc(Oc2nc3ccccc3nc2N)c1. The molecule has 0 saturated carbocycles. The molecule has 1 heterocycles. The van der Waals surface area contributed by atoms with E-state index in [0.717, 1.165) is 11.0 Å². The molecule has 2 N–H and O–H groups in total. The van der Waals surface area contributed by atoms with Crippen molar-refractivity contribution < 1.29 is 9.47 Å². The average Bonchev–Trinajstić information content (AvgIpc) is 2.48. The number of rotatable bonds is 3. The van der Waals surface area contributed by atoms with Crippen LogP contribution in [0.15, 0.2) is 48.5 Å². The zero-order chi connectivity index (χ0) is 13.9. The second kappa shape index (κ2) is 5.05. The predicted molar refractivity (Wildman–Crippen MR) is 77.0 cm³/mol. The third-order valence-electron chi connectivity index (χ3n) is 2.82. The molecule has 0 fully saturated rings. The Labute approximate surface area is 116 Å². The maximum atomic E-state index is 5.88. The molecule has 0 aliphatic heterocycles. The summed E-state index contributed by atoms with van der Waals surface area (Å²) >= 11 is 0. The van der Waals surface area contributed by atoms with Crippen molar-refractivity contribution in [2.24, 2.45) is 0 Å². The van der Waals surface area contributed by atoms with E-state index in [-0.39, 0.29) is 11.7 Å². The van der Waals surface area contributed by atoms with E-state index >= 15 is 0 Å². The third-order valence-corrected chi connectivity index (χ3v) is 2.82. The number of fused-ring (bicyclic) bond motifs is 1. The summed E-state index contributed by atoms with van der Waals surface area (Å²) in [7, 11) is 1.60. The van der Waals surface area contributed by atoms with E-state index < -0.39 is 0 Å². The highest BCUT2D eigenvalue weighted by Crippen LogP contribution is 2.28. The van der Waals surface area contributed by atoms with Crippen molar-refractivity contribution in [1.82, 2.24) is 9.97 Å². The van der Waals surface area contributed by atoms with Gasteiger partial charge in [-0.1, -0.05) is 18.2 Å². The van der Waals surface area contributed by atoms with Gasteiger partial charge in [-0.2, -0.15) is 0 Å². The van der Waals surface area contributed by atoms with Crippen molar-refractivity contribution in [3.63, 3.8) is 0 Å². The molecular weight excluding hydrogens is 254 g/mol. The molecule has 0 spiro atoms. The molecule has 0 radical (unpaired) electrons. The van der Waals surface area contributed by atoms with E-state index in [1.807, 2.05) is 36.4 Å². The Bertz CT molecular complexity index is 759. The van der Waals surface area contributed by atoms with Crippen LogP contribution in [-0.4, -0.2) is 17.1 Å². The molecule has 0 saturated heterocycles. The molecule has 0 bridgehead atoms. The molecule has 3 aromatic rings. The molecule has 100 valence electrons. The molecule has 0 aliphatic rings. The van der Waals surface area contributed by atoms with Crippen molar-refractivity contribution in [2.75, 3.05) is 12.8 Å². The second-order valence-corrected chi connectivity index (χ2v) is 4.18. The largest absolute Gasteiger partial charge is 0.497 e. The Morgan fingerprint density at radius 3 is 2.35 bits per heavy atom. The number of benzene rings is 2. The van der Waals surface area contributed by atoms with E-state index in [9.17, 15) is 0 Å². The number of nitrogens with two attached hydrogens (primary N) is 1. The van der Waals surface area contributed by atoms with Crippen molar-refractivity contribution in [3.05, 3.63) is 48.5 Å². The Balaban J connectivity index is 1.99. The smallest absolute Gasteiger partial charge is 0.263 e. The van der Waals surface area contributed by atoms with E-state index in [4.69, 9.17) is 15.2 Å². The van der Waals surface area contributed by atoms with Crippen LogP contribution in [0.5, 0.6) is 17.4 Å². The summed E-state index contributed by atoms with van der Waals surface area (Å²) < 4.78 is 10.8. The minimum Gasteiger partial charge on any atom is -0.497 e. The molecule has 2 aromatic carbocycles. The molecule has 0 amide bonds. The van der Waals surface area contributed by atoms with Gasteiger partial charge in [0.15, 0.2) is 5.82 Å². The Morgan fingerprint density at radius 1 is 0.900 bits per heavy atom. The van der Waals surface area contributed by atoms with Gasteiger partial charge in [0.05, 0.1) is 18.1 Å². The summed E-state index contributed by atoms with van der Waals surface area (Å²) in [6.45, 7) is 0. The fourth-order valence-electron chi connectivity index (χ4n) is 1.85. The monoisotopic (exact) mass is 267 g/mol. The van der Waals surface area contributed by atoms with Crippen LogP contribution in [0.2, 0.25) is 0 Å². The van der Waals surface area contributed by atoms with Gasteiger partial charge in [-0.3, -0.25) is 0 Å². The van der Waals surface area contributed by atoms with Crippen molar-refractivity contribution in [2.45, 2.75) is 0 Å².